The predicted molar refractivity (Wildman–Crippen MR) is 188 cm³/mol. The summed E-state index contributed by atoms with van der Waals surface area (Å²) in [5.74, 6) is -0.833. The number of rotatable bonds is 13. The molecule has 0 radical (unpaired) electrons. The van der Waals surface area contributed by atoms with Gasteiger partial charge < -0.3 is 35.5 Å². The number of nitrogens with one attached hydrogen (secondary N) is 4. The van der Waals surface area contributed by atoms with Crippen LogP contribution in [0.15, 0.2) is 60.0 Å². The number of halogens is 1. The van der Waals surface area contributed by atoms with Crippen LogP contribution >= 0.6 is 11.3 Å². The van der Waals surface area contributed by atoms with Crippen molar-refractivity contribution in [2.24, 2.45) is 11.1 Å². The van der Waals surface area contributed by atoms with E-state index < -0.39 is 35.6 Å². The molecule has 2 aliphatic rings. The van der Waals surface area contributed by atoms with Crippen LogP contribution in [0.2, 0.25) is 0 Å². The Morgan fingerprint density at radius 1 is 1.06 bits per heavy atom. The molecule has 272 valence electrons. The zero-order chi connectivity index (χ0) is 36.9. The summed E-state index contributed by atoms with van der Waals surface area (Å²) in [6, 6.07) is 12.1. The van der Waals surface area contributed by atoms with E-state index in [1.807, 2.05) is 0 Å². The monoisotopic (exact) mass is 722 g/mol. The Kier molecular flexibility index (Phi) is 11.4. The quantitative estimate of drug-likeness (QED) is 0.0972. The fraction of sp³-hybridized carbons (Fsp3) is 0.417. The molecule has 0 bridgehead atoms. The molecule has 2 heterocycles. The molecule has 4 amide bonds. The van der Waals surface area contributed by atoms with Gasteiger partial charge in [-0.25, -0.2) is 9.18 Å². The lowest BCUT2D eigenvalue weighted by Gasteiger charge is -2.28. The van der Waals surface area contributed by atoms with Gasteiger partial charge in [-0.15, -0.1) is 11.3 Å². The molecule has 0 unspecified atom stereocenters. The van der Waals surface area contributed by atoms with Crippen LogP contribution < -0.4 is 26.4 Å². The maximum absolute atomic E-state index is 13.7. The van der Waals surface area contributed by atoms with Crippen LogP contribution in [0, 0.1) is 16.6 Å². The molecule has 15 heteroatoms. The first-order chi connectivity index (χ1) is 24.2. The lowest BCUT2D eigenvalue weighted by atomic mass is 10.00. The number of hydrogen-bond donors (Lipinski definition) is 5. The Hall–Kier alpha value is -4.86. The summed E-state index contributed by atoms with van der Waals surface area (Å²) >= 11 is 1.32. The molecule has 1 aliphatic carbocycles. The second kappa shape index (κ2) is 15.6. The number of amidine groups is 1. The van der Waals surface area contributed by atoms with Gasteiger partial charge in [0, 0.05) is 39.4 Å². The molecule has 1 aliphatic heterocycles. The van der Waals surface area contributed by atoms with Gasteiger partial charge in [-0.2, -0.15) is 0 Å². The van der Waals surface area contributed by atoms with Crippen molar-refractivity contribution in [1.29, 1.82) is 5.41 Å². The second-order valence-corrected chi connectivity index (χ2v) is 14.6. The number of hydrogen-bond acceptors (Lipinski definition) is 10. The second-order valence-electron chi connectivity index (χ2n) is 13.7. The Labute approximate surface area is 299 Å². The fourth-order valence-corrected chi connectivity index (χ4v) is 6.92. The molecule has 51 heavy (non-hydrogen) atoms. The summed E-state index contributed by atoms with van der Waals surface area (Å²) in [4.78, 5) is 54.8. The lowest BCUT2D eigenvalue weighted by molar-refractivity contribution is -0.139. The highest BCUT2D eigenvalue weighted by molar-refractivity contribution is 7.10. The fourth-order valence-electron chi connectivity index (χ4n) is 6.01. The summed E-state index contributed by atoms with van der Waals surface area (Å²) in [5.41, 5.74) is 5.29. The number of likely N-dealkylation sites (tertiary alicyclic amines) is 1. The standard InChI is InChI=1S/C36H43FN6O7S/c1-21(28-15-23(19-51-28)31(39)42-34(47)50-35(2,3)4)41-33(46)27-16-36(20-48-14-13-38)17-29(36)43(27)30(44)18-40-32(45)22-5-9-25(10-6-22)49-26-11-7-24(37)8-12-26/h5-12,15,19,21,27,29H,13-14,16-18,20,38H2,1-4H3,(H,40,45)(H,41,46)(H2,39,42,47)/t21-,27+,29+,36-/m1/s1. The summed E-state index contributed by atoms with van der Waals surface area (Å²) in [5, 5.41) is 18.1. The number of ether oxygens (including phenoxy) is 3. The zero-order valence-electron chi connectivity index (χ0n) is 28.9. The van der Waals surface area contributed by atoms with E-state index in [1.54, 1.807) is 68.3 Å². The van der Waals surface area contributed by atoms with Crippen molar-refractivity contribution in [1.82, 2.24) is 20.9 Å². The van der Waals surface area contributed by atoms with Gasteiger partial charge in [0.1, 0.15) is 34.8 Å². The SMILES string of the molecule is C[C@@H](NC(=O)[C@@H]1C[C@]2(COCCN)C[C@@H]2N1C(=O)CNC(=O)c1ccc(Oc2ccc(F)cc2)cc1)c1cc(C(=N)NC(=O)OC(C)(C)C)cs1. The Morgan fingerprint density at radius 3 is 2.37 bits per heavy atom. The van der Waals surface area contributed by atoms with Gasteiger partial charge in [-0.3, -0.25) is 25.1 Å². The number of amides is 4. The van der Waals surface area contributed by atoms with E-state index in [-0.39, 0.29) is 35.6 Å². The molecule has 1 saturated heterocycles. The van der Waals surface area contributed by atoms with Crippen LogP contribution in [0.5, 0.6) is 11.5 Å². The highest BCUT2D eigenvalue weighted by Crippen LogP contribution is 2.59. The molecule has 5 rings (SSSR count). The molecule has 0 spiro atoms. The molecular weight excluding hydrogens is 679 g/mol. The molecule has 4 atom stereocenters. The summed E-state index contributed by atoms with van der Waals surface area (Å²) in [6.45, 7) is 7.74. The maximum Gasteiger partial charge on any atom is 0.413 e. The number of benzene rings is 2. The normalized spacial score (nSPS) is 19.8. The third kappa shape index (κ3) is 9.48. The summed E-state index contributed by atoms with van der Waals surface area (Å²) in [7, 11) is 0. The molecule has 2 fully saturated rings. The van der Waals surface area contributed by atoms with Crippen molar-refractivity contribution >= 4 is 41.0 Å². The van der Waals surface area contributed by atoms with E-state index in [9.17, 15) is 23.6 Å². The van der Waals surface area contributed by atoms with Crippen molar-refractivity contribution in [3.8, 4) is 11.5 Å². The van der Waals surface area contributed by atoms with Gasteiger partial charge in [0.05, 0.1) is 25.8 Å². The van der Waals surface area contributed by atoms with Crippen molar-refractivity contribution in [2.75, 3.05) is 26.3 Å². The van der Waals surface area contributed by atoms with E-state index in [2.05, 4.69) is 16.0 Å². The molecule has 13 nitrogen and oxygen atoms in total. The smallest absolute Gasteiger partial charge is 0.413 e. The Bertz CT molecular complexity index is 1760. The third-order valence-electron chi connectivity index (χ3n) is 8.55. The van der Waals surface area contributed by atoms with Crippen molar-refractivity contribution in [3.05, 3.63) is 81.8 Å². The minimum atomic E-state index is -0.786. The first-order valence-electron chi connectivity index (χ1n) is 16.6. The number of thiophene rings is 1. The average Bonchev–Trinajstić information content (AvgIpc) is 3.39. The lowest BCUT2D eigenvalue weighted by Crippen LogP contribution is -2.51. The van der Waals surface area contributed by atoms with Crippen molar-refractivity contribution in [2.45, 2.75) is 64.3 Å². The number of alkyl carbamates (subject to hydrolysis) is 1. The highest BCUT2D eigenvalue weighted by atomic mass is 32.1. The molecule has 6 N–H and O–H groups in total. The topological polar surface area (TPSA) is 185 Å². The number of fused-ring (bicyclic) bond motifs is 1. The van der Waals surface area contributed by atoms with Crippen LogP contribution in [0.4, 0.5) is 9.18 Å². The van der Waals surface area contributed by atoms with Gasteiger partial charge in [0.25, 0.3) is 5.91 Å². The number of piperidine rings is 1. The Morgan fingerprint density at radius 2 is 1.73 bits per heavy atom. The van der Waals surface area contributed by atoms with E-state index in [0.29, 0.717) is 55.2 Å². The van der Waals surface area contributed by atoms with Gasteiger partial charge in [-0.1, -0.05) is 0 Å². The third-order valence-corrected chi connectivity index (χ3v) is 9.66. The van der Waals surface area contributed by atoms with Crippen LogP contribution in [-0.2, 0) is 19.1 Å². The minimum Gasteiger partial charge on any atom is -0.457 e. The molecule has 1 saturated carbocycles. The summed E-state index contributed by atoms with van der Waals surface area (Å²) in [6.07, 6.45) is 0.335. The van der Waals surface area contributed by atoms with E-state index in [4.69, 9.17) is 25.4 Å². The van der Waals surface area contributed by atoms with Gasteiger partial charge in [0.2, 0.25) is 11.8 Å². The number of nitrogens with zero attached hydrogens (tertiary/aromatic N) is 1. The van der Waals surface area contributed by atoms with Crippen LogP contribution in [0.25, 0.3) is 0 Å². The highest BCUT2D eigenvalue weighted by Gasteiger charge is 2.67. The van der Waals surface area contributed by atoms with Crippen molar-refractivity contribution < 1.29 is 37.8 Å². The molecule has 1 aromatic heterocycles. The number of nitrogens with two attached hydrogens (primary N) is 1. The van der Waals surface area contributed by atoms with Gasteiger partial charge in [0.15, 0.2) is 0 Å². The number of carbonyl (C=O) groups excluding carboxylic acids is 4. The first kappa shape index (κ1) is 37.4. The zero-order valence-corrected chi connectivity index (χ0v) is 29.7. The summed E-state index contributed by atoms with van der Waals surface area (Å²) < 4.78 is 29.8. The van der Waals surface area contributed by atoms with E-state index >= 15 is 0 Å². The average molecular weight is 723 g/mol. The van der Waals surface area contributed by atoms with E-state index in [0.717, 1.165) is 4.88 Å². The Balaban J connectivity index is 1.20. The molecular formula is C36H43FN6O7S. The largest absolute Gasteiger partial charge is 0.457 e. The van der Waals surface area contributed by atoms with Gasteiger partial charge >= 0.3 is 6.09 Å². The van der Waals surface area contributed by atoms with Gasteiger partial charge in [-0.05, 0) is 95.1 Å². The molecule has 3 aromatic rings. The molecule has 2 aromatic carbocycles. The maximum atomic E-state index is 13.7. The first-order valence-corrected chi connectivity index (χ1v) is 17.4. The minimum absolute atomic E-state index is 0.131. The van der Waals surface area contributed by atoms with E-state index in [1.165, 1.54) is 35.6 Å². The predicted octanol–water partition coefficient (Wildman–Crippen LogP) is 4.47. The van der Waals surface area contributed by atoms with Crippen LogP contribution in [0.1, 0.15) is 67.4 Å². The van der Waals surface area contributed by atoms with Crippen LogP contribution in [-0.4, -0.2) is 78.5 Å². The van der Waals surface area contributed by atoms with Crippen LogP contribution in [0.3, 0.4) is 0 Å². The number of carbonyl (C=O) groups is 4. The van der Waals surface area contributed by atoms with Crippen molar-refractivity contribution in [3.63, 3.8) is 0 Å².